The zero-order chi connectivity index (χ0) is 15.9. The number of aromatic amines is 1. The van der Waals surface area contributed by atoms with E-state index in [2.05, 4.69) is 10.3 Å². The van der Waals surface area contributed by atoms with Crippen molar-refractivity contribution in [2.45, 2.75) is 6.42 Å². The topological polar surface area (TPSA) is 102 Å². The first-order valence-corrected chi connectivity index (χ1v) is 9.12. The molecule has 0 atom stereocenters. The summed E-state index contributed by atoms with van der Waals surface area (Å²) in [6.07, 6.45) is 0.141. The minimum atomic E-state index is -0.802. The van der Waals surface area contributed by atoms with Gasteiger partial charge >= 0.3 is 5.97 Å². The summed E-state index contributed by atoms with van der Waals surface area (Å²) < 4.78 is 0. The third kappa shape index (κ3) is 4.60. The Labute approximate surface area is 135 Å². The van der Waals surface area contributed by atoms with E-state index in [1.807, 2.05) is 0 Å². The Morgan fingerprint density at radius 2 is 2.00 bits per heavy atom. The first-order valence-electron chi connectivity index (χ1n) is 6.63. The Morgan fingerprint density at radius 1 is 1.23 bits per heavy atom. The maximum atomic E-state index is 12.0. The number of rotatable bonds is 8. The number of carbonyl (C=O) groups excluding carboxylic acids is 1. The Balaban J connectivity index is 1.75. The van der Waals surface area contributed by atoms with Crippen LogP contribution in [0.15, 0.2) is 24.3 Å². The molecule has 0 aliphatic rings. The molecule has 0 aliphatic heterocycles. The second-order valence-electron chi connectivity index (χ2n) is 4.46. The van der Waals surface area contributed by atoms with Crippen LogP contribution in [0.3, 0.4) is 0 Å². The highest BCUT2D eigenvalue weighted by Crippen LogP contribution is 2.25. The number of aromatic hydroxyl groups is 1. The van der Waals surface area contributed by atoms with Crippen LogP contribution < -0.4 is 5.32 Å². The van der Waals surface area contributed by atoms with E-state index in [-0.39, 0.29) is 18.1 Å². The van der Waals surface area contributed by atoms with Crippen molar-refractivity contribution in [3.63, 3.8) is 0 Å². The highest BCUT2D eigenvalue weighted by Gasteiger charge is 2.10. The molecule has 0 bridgehead atoms. The van der Waals surface area contributed by atoms with Gasteiger partial charge in [-0.2, -0.15) is 0 Å². The van der Waals surface area contributed by atoms with Gasteiger partial charge in [-0.1, -0.05) is 27.7 Å². The molecule has 0 spiro atoms. The largest absolute Gasteiger partial charge is 0.507 e. The van der Waals surface area contributed by atoms with Gasteiger partial charge in [0.15, 0.2) is 0 Å². The van der Waals surface area contributed by atoms with Crippen molar-refractivity contribution in [3.8, 4) is 5.75 Å². The predicted molar refractivity (Wildman–Crippen MR) is 89.5 cm³/mol. The Bertz CT molecular complexity index is 672. The number of hydrogen-bond donors (Lipinski definition) is 4. The van der Waals surface area contributed by atoms with Crippen LogP contribution in [-0.4, -0.2) is 45.1 Å². The van der Waals surface area contributed by atoms with Gasteiger partial charge in [-0.3, -0.25) is 9.59 Å². The molecule has 2 rings (SSSR count). The normalized spacial score (nSPS) is 10.7. The van der Waals surface area contributed by atoms with E-state index >= 15 is 0 Å². The molecular formula is C14H16N2O4S2. The minimum absolute atomic E-state index is 0.137. The summed E-state index contributed by atoms with van der Waals surface area (Å²) in [7, 11) is 3.01. The van der Waals surface area contributed by atoms with Crippen LogP contribution in [0, 0.1) is 0 Å². The third-order valence-electron chi connectivity index (χ3n) is 2.84. The Kier molecular flexibility index (Phi) is 6.02. The van der Waals surface area contributed by atoms with Crippen molar-refractivity contribution in [2.24, 2.45) is 0 Å². The lowest BCUT2D eigenvalue weighted by Gasteiger charge is -2.03. The molecule has 0 unspecified atom stereocenters. The molecule has 8 heteroatoms. The van der Waals surface area contributed by atoms with Crippen molar-refractivity contribution in [1.82, 2.24) is 10.3 Å². The zero-order valence-corrected chi connectivity index (χ0v) is 13.3. The van der Waals surface area contributed by atoms with E-state index in [0.717, 1.165) is 0 Å². The van der Waals surface area contributed by atoms with Crippen molar-refractivity contribution in [3.05, 3.63) is 30.0 Å². The van der Waals surface area contributed by atoms with Gasteiger partial charge in [-0.25, -0.2) is 0 Å². The molecule has 0 saturated carbocycles. The van der Waals surface area contributed by atoms with Gasteiger partial charge < -0.3 is 20.5 Å². The standard InChI is InChI=1S/C14H16N2O4S2/c17-12-3-1-2-10-9(12)8-11(16-10)14(20)15-5-7-22-21-6-4-13(18)19/h1-3,8,16-17H,4-7H2,(H,15,20)(H,18,19). The average molecular weight is 340 g/mol. The smallest absolute Gasteiger partial charge is 0.304 e. The fourth-order valence-electron chi connectivity index (χ4n) is 1.81. The van der Waals surface area contributed by atoms with Gasteiger partial charge in [0.2, 0.25) is 0 Å². The van der Waals surface area contributed by atoms with E-state index in [4.69, 9.17) is 5.11 Å². The second-order valence-corrected chi connectivity index (χ2v) is 7.17. The highest BCUT2D eigenvalue weighted by molar-refractivity contribution is 8.76. The lowest BCUT2D eigenvalue weighted by molar-refractivity contribution is -0.136. The fourth-order valence-corrected chi connectivity index (χ4v) is 3.70. The van der Waals surface area contributed by atoms with Gasteiger partial charge in [0.1, 0.15) is 11.4 Å². The number of carboxylic acids is 1. The molecule has 118 valence electrons. The lowest BCUT2D eigenvalue weighted by atomic mass is 10.2. The average Bonchev–Trinajstić information content (AvgIpc) is 2.91. The Hall–Kier alpha value is -1.80. The van der Waals surface area contributed by atoms with E-state index in [0.29, 0.717) is 34.6 Å². The number of aromatic nitrogens is 1. The monoisotopic (exact) mass is 340 g/mol. The molecule has 2 aromatic rings. The van der Waals surface area contributed by atoms with Crippen LogP contribution in [0.4, 0.5) is 0 Å². The molecule has 6 nitrogen and oxygen atoms in total. The molecule has 1 aromatic heterocycles. The predicted octanol–water partition coefficient (Wildman–Crippen LogP) is 2.46. The van der Waals surface area contributed by atoms with Crippen LogP contribution in [0.5, 0.6) is 5.75 Å². The number of H-pyrrole nitrogens is 1. The van der Waals surface area contributed by atoms with E-state index in [1.165, 1.54) is 21.6 Å². The van der Waals surface area contributed by atoms with Crippen LogP contribution in [-0.2, 0) is 4.79 Å². The molecule has 22 heavy (non-hydrogen) atoms. The second kappa shape index (κ2) is 8.00. The summed E-state index contributed by atoms with van der Waals surface area (Å²) in [6.45, 7) is 0.491. The number of carboxylic acid groups (broad SMARTS) is 1. The van der Waals surface area contributed by atoms with Gasteiger partial charge in [-0.15, -0.1) is 0 Å². The quantitative estimate of drug-likeness (QED) is 0.435. The van der Waals surface area contributed by atoms with Crippen LogP contribution in [0.1, 0.15) is 16.9 Å². The van der Waals surface area contributed by atoms with Crippen molar-refractivity contribution >= 4 is 44.4 Å². The first-order chi connectivity index (χ1) is 10.6. The van der Waals surface area contributed by atoms with Crippen LogP contribution in [0.2, 0.25) is 0 Å². The summed E-state index contributed by atoms with van der Waals surface area (Å²) in [5, 5.41) is 21.6. The number of benzene rings is 1. The minimum Gasteiger partial charge on any atom is -0.507 e. The number of phenolic OH excluding ortho intramolecular Hbond substituents is 1. The molecular weight excluding hydrogens is 324 g/mol. The molecule has 1 heterocycles. The van der Waals surface area contributed by atoms with Crippen LogP contribution >= 0.6 is 21.6 Å². The van der Waals surface area contributed by atoms with Crippen LogP contribution in [0.25, 0.3) is 10.9 Å². The maximum Gasteiger partial charge on any atom is 0.304 e. The van der Waals surface area contributed by atoms with Gasteiger partial charge in [0.25, 0.3) is 5.91 Å². The maximum absolute atomic E-state index is 12.0. The lowest BCUT2D eigenvalue weighted by Crippen LogP contribution is -2.25. The molecule has 0 aliphatic carbocycles. The molecule has 0 radical (unpaired) electrons. The molecule has 1 aromatic carbocycles. The molecule has 1 amide bonds. The zero-order valence-electron chi connectivity index (χ0n) is 11.7. The van der Waals surface area contributed by atoms with E-state index < -0.39 is 5.97 Å². The number of aliphatic carboxylic acids is 1. The Morgan fingerprint density at radius 3 is 2.73 bits per heavy atom. The number of amides is 1. The van der Waals surface area contributed by atoms with E-state index in [9.17, 15) is 14.7 Å². The number of fused-ring (bicyclic) bond motifs is 1. The highest BCUT2D eigenvalue weighted by atomic mass is 33.1. The fraction of sp³-hybridized carbons (Fsp3) is 0.286. The van der Waals surface area contributed by atoms with Crippen molar-refractivity contribution in [1.29, 1.82) is 0 Å². The number of carbonyl (C=O) groups is 2. The third-order valence-corrected chi connectivity index (χ3v) is 5.25. The molecule has 0 saturated heterocycles. The van der Waals surface area contributed by atoms with Crippen molar-refractivity contribution in [2.75, 3.05) is 18.1 Å². The number of hydrogen-bond acceptors (Lipinski definition) is 5. The molecule has 4 N–H and O–H groups in total. The molecule has 0 fully saturated rings. The first kappa shape index (κ1) is 16.6. The SMILES string of the molecule is O=C(O)CCSSCCNC(=O)c1cc2c(O)cccc2[nH]1. The summed E-state index contributed by atoms with van der Waals surface area (Å²) in [6, 6.07) is 6.69. The summed E-state index contributed by atoms with van der Waals surface area (Å²) >= 11 is 0. The van der Waals surface area contributed by atoms with Gasteiger partial charge in [0, 0.05) is 29.0 Å². The number of nitrogens with one attached hydrogen (secondary N) is 2. The van der Waals surface area contributed by atoms with Gasteiger partial charge in [-0.05, 0) is 18.2 Å². The summed E-state index contributed by atoms with van der Waals surface area (Å²) in [5.41, 5.74) is 1.11. The van der Waals surface area contributed by atoms with Crippen molar-refractivity contribution < 1.29 is 19.8 Å². The van der Waals surface area contributed by atoms with Gasteiger partial charge in [0.05, 0.1) is 6.42 Å². The van der Waals surface area contributed by atoms with E-state index in [1.54, 1.807) is 24.3 Å². The summed E-state index contributed by atoms with van der Waals surface area (Å²) in [5.74, 6) is 0.352. The summed E-state index contributed by atoms with van der Waals surface area (Å²) in [4.78, 5) is 25.3. The number of phenols is 1.